The summed E-state index contributed by atoms with van der Waals surface area (Å²) in [5.74, 6) is 1.76. The number of nitrogens with two attached hydrogens (primary N) is 1. The van der Waals surface area contributed by atoms with Crippen LogP contribution >= 0.6 is 0 Å². The van der Waals surface area contributed by atoms with Gasteiger partial charge in [-0.3, -0.25) is 4.79 Å². The molecule has 0 bridgehead atoms. The second-order valence-electron chi connectivity index (χ2n) is 8.46. The van der Waals surface area contributed by atoms with Crippen molar-refractivity contribution in [1.29, 1.82) is 0 Å². The molecule has 10 heteroatoms. The zero-order valence-corrected chi connectivity index (χ0v) is 18.3. The largest absolute Gasteiger partial charge is 0.384 e. The molecule has 0 spiro atoms. The van der Waals surface area contributed by atoms with Gasteiger partial charge in [-0.1, -0.05) is 0 Å². The summed E-state index contributed by atoms with van der Waals surface area (Å²) >= 11 is 0. The number of hydrogen-bond donors (Lipinski definition) is 1. The number of anilines is 2. The zero-order chi connectivity index (χ0) is 22.1. The Balaban J connectivity index is 1.50. The smallest absolute Gasteiger partial charge is 0.228 e. The maximum absolute atomic E-state index is 11.6. The third-order valence-corrected chi connectivity index (χ3v) is 6.33. The summed E-state index contributed by atoms with van der Waals surface area (Å²) in [6.45, 7) is 6.84. The molecule has 0 saturated carbocycles. The van der Waals surface area contributed by atoms with Crippen molar-refractivity contribution >= 4 is 28.7 Å². The van der Waals surface area contributed by atoms with Gasteiger partial charge < -0.3 is 20.3 Å². The van der Waals surface area contributed by atoms with Gasteiger partial charge in [0.2, 0.25) is 11.9 Å². The number of amides is 1. The molecule has 0 aromatic carbocycles. The Kier molecular flexibility index (Phi) is 5.60. The Morgan fingerprint density at radius 1 is 1.12 bits per heavy atom. The summed E-state index contributed by atoms with van der Waals surface area (Å²) in [6.07, 6.45) is 5.53. The number of nitrogens with zero attached hydrogens (tertiary/aromatic N) is 7. The van der Waals surface area contributed by atoms with Gasteiger partial charge in [0.25, 0.3) is 0 Å². The fraction of sp³-hybridized carbons (Fsp3) is 0.500. The van der Waals surface area contributed by atoms with Gasteiger partial charge in [0.15, 0.2) is 5.65 Å². The Morgan fingerprint density at radius 2 is 1.91 bits per heavy atom. The molecule has 0 atom stereocenters. The van der Waals surface area contributed by atoms with E-state index in [9.17, 15) is 4.79 Å². The lowest BCUT2D eigenvalue weighted by Crippen LogP contribution is -2.38. The number of likely N-dealkylation sites (tertiary alicyclic amines) is 1. The summed E-state index contributed by atoms with van der Waals surface area (Å²) in [4.78, 5) is 29.8. The highest BCUT2D eigenvalue weighted by Gasteiger charge is 2.24. The van der Waals surface area contributed by atoms with Gasteiger partial charge in [-0.05, 0) is 30.9 Å². The van der Waals surface area contributed by atoms with Crippen LogP contribution in [0, 0.1) is 5.92 Å². The third-order valence-electron chi connectivity index (χ3n) is 6.33. The summed E-state index contributed by atoms with van der Waals surface area (Å²) in [5, 5.41) is 5.58. The van der Waals surface area contributed by atoms with Crippen LogP contribution in [0.1, 0.15) is 19.8 Å². The number of aromatic nitrogens is 5. The fourth-order valence-corrected chi connectivity index (χ4v) is 4.42. The van der Waals surface area contributed by atoms with E-state index in [4.69, 9.17) is 20.4 Å². The molecule has 2 aliphatic heterocycles. The van der Waals surface area contributed by atoms with E-state index in [1.165, 1.54) is 0 Å². The van der Waals surface area contributed by atoms with Crippen molar-refractivity contribution in [2.45, 2.75) is 26.3 Å². The molecule has 0 aliphatic carbocycles. The molecular formula is C22H28N8O2. The second-order valence-corrected chi connectivity index (χ2v) is 8.46. The monoisotopic (exact) mass is 436 g/mol. The minimum absolute atomic E-state index is 0.151. The van der Waals surface area contributed by atoms with Crippen LogP contribution in [0.4, 0.5) is 11.8 Å². The van der Waals surface area contributed by atoms with E-state index >= 15 is 0 Å². The van der Waals surface area contributed by atoms with E-state index in [0.717, 1.165) is 67.9 Å². The Labute approximate surface area is 186 Å². The van der Waals surface area contributed by atoms with Crippen LogP contribution in [0.5, 0.6) is 0 Å². The molecule has 2 saturated heterocycles. The van der Waals surface area contributed by atoms with E-state index in [-0.39, 0.29) is 5.91 Å². The van der Waals surface area contributed by atoms with Crippen LogP contribution in [-0.4, -0.2) is 74.9 Å². The van der Waals surface area contributed by atoms with Crippen LogP contribution < -0.4 is 10.6 Å². The lowest BCUT2D eigenvalue weighted by Gasteiger charge is -2.31. The molecule has 168 valence electrons. The number of morpholine rings is 1. The van der Waals surface area contributed by atoms with Gasteiger partial charge in [0.05, 0.1) is 30.5 Å². The summed E-state index contributed by atoms with van der Waals surface area (Å²) in [5.41, 5.74) is 8.31. The van der Waals surface area contributed by atoms with Crippen molar-refractivity contribution in [2.24, 2.45) is 5.92 Å². The van der Waals surface area contributed by atoms with Crippen molar-refractivity contribution in [3.63, 3.8) is 0 Å². The first-order valence-corrected chi connectivity index (χ1v) is 11.1. The number of ether oxygens (including phenoxy) is 1. The highest BCUT2D eigenvalue weighted by atomic mass is 16.5. The Bertz CT molecular complexity index is 1100. The minimum Gasteiger partial charge on any atom is -0.384 e. The number of rotatable bonds is 4. The first-order valence-electron chi connectivity index (χ1n) is 11.1. The molecule has 10 nitrogen and oxygen atoms in total. The molecule has 0 radical (unpaired) electrons. The number of hydrogen-bond acceptors (Lipinski definition) is 8. The van der Waals surface area contributed by atoms with Gasteiger partial charge in [-0.15, -0.1) is 0 Å². The van der Waals surface area contributed by atoms with Crippen molar-refractivity contribution in [1.82, 2.24) is 29.6 Å². The highest BCUT2D eigenvalue weighted by Crippen LogP contribution is 2.30. The summed E-state index contributed by atoms with van der Waals surface area (Å²) in [7, 11) is 0. The van der Waals surface area contributed by atoms with E-state index in [1.54, 1.807) is 19.2 Å². The van der Waals surface area contributed by atoms with Crippen LogP contribution in [-0.2, 0) is 16.1 Å². The molecule has 3 aromatic rings. The van der Waals surface area contributed by atoms with Gasteiger partial charge in [0, 0.05) is 51.4 Å². The van der Waals surface area contributed by atoms with E-state index < -0.39 is 0 Å². The molecule has 32 heavy (non-hydrogen) atoms. The van der Waals surface area contributed by atoms with Gasteiger partial charge in [0.1, 0.15) is 5.82 Å². The van der Waals surface area contributed by atoms with Crippen LogP contribution in [0.15, 0.2) is 24.5 Å². The van der Waals surface area contributed by atoms with E-state index in [1.807, 2.05) is 21.8 Å². The molecule has 5 rings (SSSR count). The predicted molar refractivity (Wildman–Crippen MR) is 121 cm³/mol. The van der Waals surface area contributed by atoms with Gasteiger partial charge >= 0.3 is 0 Å². The second kappa shape index (κ2) is 8.70. The van der Waals surface area contributed by atoms with Crippen LogP contribution in [0.3, 0.4) is 0 Å². The minimum atomic E-state index is 0.151. The zero-order valence-electron chi connectivity index (χ0n) is 18.3. The molecule has 1 amide bonds. The highest BCUT2D eigenvalue weighted by molar-refractivity contribution is 5.91. The third kappa shape index (κ3) is 4.10. The quantitative estimate of drug-likeness (QED) is 0.655. The van der Waals surface area contributed by atoms with Gasteiger partial charge in [-0.2, -0.15) is 10.1 Å². The standard InChI is InChI=1S/C22H28N8O2/c1-15(31)28-6-4-16(5-7-28)14-30-21-18(13-25-30)20(17-2-3-19(23)24-12-17)26-22(27-21)29-8-10-32-11-9-29/h2-3,12-13,16H,4-11,14H2,1H3,(H2,23,24). The van der Waals surface area contributed by atoms with E-state index in [2.05, 4.69) is 15.0 Å². The average molecular weight is 437 g/mol. The maximum atomic E-state index is 11.6. The predicted octanol–water partition coefficient (Wildman–Crippen LogP) is 1.57. The molecule has 2 aliphatic rings. The SMILES string of the molecule is CC(=O)N1CCC(Cn2ncc3c(-c4ccc(N)nc4)nc(N4CCOCC4)nc32)CC1. The number of pyridine rings is 1. The summed E-state index contributed by atoms with van der Waals surface area (Å²) in [6, 6.07) is 3.72. The number of piperidine rings is 1. The summed E-state index contributed by atoms with van der Waals surface area (Å²) < 4.78 is 7.49. The molecule has 2 N–H and O–H groups in total. The van der Waals surface area contributed by atoms with Crippen molar-refractivity contribution in [3.8, 4) is 11.3 Å². The Hall–Kier alpha value is -3.27. The van der Waals surface area contributed by atoms with Crippen molar-refractivity contribution in [2.75, 3.05) is 50.0 Å². The molecule has 3 aromatic heterocycles. The molecular weight excluding hydrogens is 408 g/mol. The number of fused-ring (bicyclic) bond motifs is 1. The molecule has 0 unspecified atom stereocenters. The normalized spacial score (nSPS) is 17.8. The lowest BCUT2D eigenvalue weighted by atomic mass is 9.97. The lowest BCUT2D eigenvalue weighted by molar-refractivity contribution is -0.130. The topological polar surface area (TPSA) is 115 Å². The molecule has 2 fully saturated rings. The molecule has 5 heterocycles. The number of nitrogen functional groups attached to an aromatic ring is 1. The number of carbonyl (C=O) groups excluding carboxylic acids is 1. The number of carbonyl (C=O) groups is 1. The first-order chi connectivity index (χ1) is 15.6. The maximum Gasteiger partial charge on any atom is 0.228 e. The van der Waals surface area contributed by atoms with E-state index in [0.29, 0.717) is 30.9 Å². The van der Waals surface area contributed by atoms with Crippen LogP contribution in [0.2, 0.25) is 0 Å². The van der Waals surface area contributed by atoms with Gasteiger partial charge in [-0.25, -0.2) is 14.6 Å². The van der Waals surface area contributed by atoms with Crippen molar-refractivity contribution in [3.05, 3.63) is 24.5 Å². The Morgan fingerprint density at radius 3 is 2.59 bits per heavy atom. The first kappa shape index (κ1) is 20.6. The van der Waals surface area contributed by atoms with Crippen molar-refractivity contribution < 1.29 is 9.53 Å². The fourth-order valence-electron chi connectivity index (χ4n) is 4.42. The van der Waals surface area contributed by atoms with Crippen LogP contribution in [0.25, 0.3) is 22.3 Å². The average Bonchev–Trinajstić information content (AvgIpc) is 3.22.